The summed E-state index contributed by atoms with van der Waals surface area (Å²) in [6.45, 7) is 22.7. The first-order valence-corrected chi connectivity index (χ1v) is 12.3. The average molecular weight is 488 g/mol. The number of rotatable bonds is 9. The molecular weight excluding hydrogens is 442 g/mol. The second-order valence-electron chi connectivity index (χ2n) is 11.3. The summed E-state index contributed by atoms with van der Waals surface area (Å²) in [5.74, 6) is -0.841. The number of aryl methyl sites for hydroxylation is 2. The average Bonchev–Trinajstić information content (AvgIpc) is 2.69. The predicted molar refractivity (Wildman–Crippen MR) is 141 cm³/mol. The molecule has 3 unspecified atom stereocenters. The maximum absolute atomic E-state index is 14.0. The van der Waals surface area contributed by atoms with E-state index in [0.717, 1.165) is 16.7 Å². The van der Waals surface area contributed by atoms with Gasteiger partial charge < -0.3 is 20.3 Å². The van der Waals surface area contributed by atoms with Crippen molar-refractivity contribution in [2.45, 2.75) is 98.9 Å². The molecule has 3 amide bonds. The van der Waals surface area contributed by atoms with Crippen LogP contribution in [0.5, 0.6) is 0 Å². The molecule has 196 valence electrons. The van der Waals surface area contributed by atoms with Crippen LogP contribution in [0, 0.1) is 19.8 Å². The summed E-state index contributed by atoms with van der Waals surface area (Å²) >= 11 is 0. The third-order valence-electron chi connectivity index (χ3n) is 5.54. The molecule has 0 heterocycles. The molecule has 1 rings (SSSR count). The van der Waals surface area contributed by atoms with Gasteiger partial charge in [0, 0.05) is 12.1 Å². The van der Waals surface area contributed by atoms with E-state index in [0.29, 0.717) is 6.42 Å². The lowest BCUT2D eigenvalue weighted by atomic mass is 9.93. The minimum Gasteiger partial charge on any atom is -0.444 e. The van der Waals surface area contributed by atoms with E-state index < -0.39 is 29.3 Å². The molecule has 0 aliphatic carbocycles. The number of ether oxygens (including phenoxy) is 1. The van der Waals surface area contributed by atoms with Crippen LogP contribution in [-0.2, 0) is 14.3 Å². The summed E-state index contributed by atoms with van der Waals surface area (Å²) in [5.41, 5.74) is 1.49. The number of carbonyl (C=O) groups excluding carboxylic acids is 3. The Kier molecular flexibility index (Phi) is 10.6. The third kappa shape index (κ3) is 9.38. The molecule has 35 heavy (non-hydrogen) atoms. The van der Waals surface area contributed by atoms with Gasteiger partial charge in [-0.05, 0) is 72.4 Å². The van der Waals surface area contributed by atoms with Crippen molar-refractivity contribution in [1.82, 2.24) is 15.5 Å². The highest BCUT2D eigenvalue weighted by molar-refractivity contribution is 5.92. The van der Waals surface area contributed by atoms with Crippen LogP contribution in [0.1, 0.15) is 84.5 Å². The van der Waals surface area contributed by atoms with Crippen molar-refractivity contribution in [3.63, 3.8) is 0 Å². The molecule has 0 bridgehead atoms. The van der Waals surface area contributed by atoms with Crippen molar-refractivity contribution < 1.29 is 19.1 Å². The molecule has 7 heteroatoms. The van der Waals surface area contributed by atoms with E-state index in [-0.39, 0.29) is 24.3 Å². The van der Waals surface area contributed by atoms with Crippen LogP contribution in [0.2, 0.25) is 0 Å². The molecule has 0 saturated heterocycles. The first-order valence-electron chi connectivity index (χ1n) is 12.3. The van der Waals surface area contributed by atoms with Gasteiger partial charge in [-0.1, -0.05) is 50.1 Å². The fraction of sp³-hybridized carbons (Fsp3) is 0.607. The highest BCUT2D eigenvalue weighted by Crippen LogP contribution is 2.28. The molecule has 3 atom stereocenters. The first kappa shape index (κ1) is 30.2. The molecule has 0 spiro atoms. The monoisotopic (exact) mass is 487 g/mol. The summed E-state index contributed by atoms with van der Waals surface area (Å²) < 4.78 is 5.42. The zero-order valence-electron chi connectivity index (χ0n) is 23.2. The maximum atomic E-state index is 14.0. The van der Waals surface area contributed by atoms with Gasteiger partial charge in [0.1, 0.15) is 17.7 Å². The van der Waals surface area contributed by atoms with Crippen LogP contribution in [0.15, 0.2) is 30.9 Å². The molecule has 0 aliphatic rings. The van der Waals surface area contributed by atoms with Gasteiger partial charge in [-0.3, -0.25) is 9.59 Å². The predicted octanol–water partition coefficient (Wildman–Crippen LogP) is 5.21. The Balaban J connectivity index is 3.57. The van der Waals surface area contributed by atoms with Crippen molar-refractivity contribution in [3.8, 4) is 0 Å². The Morgan fingerprint density at radius 1 is 1.11 bits per heavy atom. The quantitative estimate of drug-likeness (QED) is 0.468. The largest absolute Gasteiger partial charge is 0.444 e. The van der Waals surface area contributed by atoms with Gasteiger partial charge in [-0.25, -0.2) is 4.79 Å². The standard InChI is InChI=1S/C28H45N3O4/c1-12-16-31(25(33)22(19(4)13-2)29-26(34)35-28(9,10)11)23(24(32)30-27(6,7)8)21-15-14-18(3)17-20(21)5/h12,14-15,17,19,22-23H,1,13,16H2,2-11H3,(H,29,34)(H,30,32). The zero-order chi connectivity index (χ0) is 27.1. The fourth-order valence-corrected chi connectivity index (χ4v) is 3.78. The number of hydrogen-bond acceptors (Lipinski definition) is 4. The lowest BCUT2D eigenvalue weighted by Crippen LogP contribution is -2.56. The molecular formula is C28H45N3O4. The number of nitrogens with zero attached hydrogens (tertiary/aromatic N) is 1. The molecule has 1 aromatic rings. The molecule has 0 aliphatic heterocycles. The van der Waals surface area contributed by atoms with Crippen molar-refractivity contribution in [2.24, 2.45) is 5.92 Å². The summed E-state index contributed by atoms with van der Waals surface area (Å²) in [6.07, 6.45) is 1.58. The highest BCUT2D eigenvalue weighted by Gasteiger charge is 2.38. The van der Waals surface area contributed by atoms with E-state index in [1.54, 1.807) is 26.8 Å². The van der Waals surface area contributed by atoms with Gasteiger partial charge in [0.15, 0.2) is 0 Å². The SMILES string of the molecule is C=CCN(C(=O)C(NC(=O)OC(C)(C)C)C(C)CC)C(C(=O)NC(C)(C)C)c1ccc(C)cc1C. The molecule has 0 fully saturated rings. The van der Waals surface area contributed by atoms with E-state index in [1.807, 2.05) is 66.7 Å². The lowest BCUT2D eigenvalue weighted by Gasteiger charge is -2.37. The van der Waals surface area contributed by atoms with Crippen LogP contribution in [0.3, 0.4) is 0 Å². The van der Waals surface area contributed by atoms with Crippen molar-refractivity contribution >= 4 is 17.9 Å². The van der Waals surface area contributed by atoms with E-state index in [9.17, 15) is 14.4 Å². The Morgan fingerprint density at radius 3 is 2.17 bits per heavy atom. The smallest absolute Gasteiger partial charge is 0.408 e. The Bertz CT molecular complexity index is 912. The number of hydrogen-bond donors (Lipinski definition) is 2. The van der Waals surface area contributed by atoms with Crippen LogP contribution < -0.4 is 10.6 Å². The van der Waals surface area contributed by atoms with Gasteiger partial charge in [-0.2, -0.15) is 0 Å². The lowest BCUT2D eigenvalue weighted by molar-refractivity contribution is -0.143. The molecule has 0 radical (unpaired) electrons. The summed E-state index contributed by atoms with van der Waals surface area (Å²) in [5, 5.41) is 5.79. The van der Waals surface area contributed by atoms with E-state index in [2.05, 4.69) is 17.2 Å². The van der Waals surface area contributed by atoms with E-state index >= 15 is 0 Å². The second-order valence-corrected chi connectivity index (χ2v) is 11.3. The molecule has 2 N–H and O–H groups in total. The maximum Gasteiger partial charge on any atom is 0.408 e. The summed E-state index contributed by atoms with van der Waals surface area (Å²) in [7, 11) is 0. The number of carbonyl (C=O) groups is 3. The molecule has 0 saturated carbocycles. The Labute approximate surface area is 211 Å². The van der Waals surface area contributed by atoms with E-state index in [1.165, 1.54) is 4.90 Å². The van der Waals surface area contributed by atoms with Gasteiger partial charge in [0.25, 0.3) is 0 Å². The summed E-state index contributed by atoms with van der Waals surface area (Å²) in [6, 6.07) is 4.05. The van der Waals surface area contributed by atoms with Gasteiger partial charge >= 0.3 is 6.09 Å². The molecule has 1 aromatic carbocycles. The normalized spacial score (nSPS) is 14.3. The van der Waals surface area contributed by atoms with Gasteiger partial charge in [-0.15, -0.1) is 6.58 Å². The van der Waals surface area contributed by atoms with E-state index in [4.69, 9.17) is 4.74 Å². The minimum absolute atomic E-state index is 0.136. The minimum atomic E-state index is -0.896. The third-order valence-corrected chi connectivity index (χ3v) is 5.54. The van der Waals surface area contributed by atoms with Gasteiger partial charge in [0.2, 0.25) is 11.8 Å². The van der Waals surface area contributed by atoms with Crippen molar-refractivity contribution in [3.05, 3.63) is 47.5 Å². The number of nitrogens with one attached hydrogen (secondary N) is 2. The summed E-state index contributed by atoms with van der Waals surface area (Å²) in [4.78, 5) is 41.8. The topological polar surface area (TPSA) is 87.7 Å². The van der Waals surface area contributed by atoms with Crippen LogP contribution in [0.4, 0.5) is 4.79 Å². The highest BCUT2D eigenvalue weighted by atomic mass is 16.6. The molecule has 7 nitrogen and oxygen atoms in total. The van der Waals surface area contributed by atoms with Gasteiger partial charge in [0.05, 0.1) is 0 Å². The fourth-order valence-electron chi connectivity index (χ4n) is 3.78. The zero-order valence-corrected chi connectivity index (χ0v) is 23.2. The van der Waals surface area contributed by atoms with Crippen LogP contribution in [0.25, 0.3) is 0 Å². The Hall–Kier alpha value is -2.83. The number of benzene rings is 1. The first-order chi connectivity index (χ1) is 16.0. The van der Waals surface area contributed by atoms with Crippen molar-refractivity contribution in [1.29, 1.82) is 0 Å². The number of alkyl carbamates (subject to hydrolysis) is 1. The van der Waals surface area contributed by atoms with Crippen molar-refractivity contribution in [2.75, 3.05) is 6.54 Å². The second kappa shape index (κ2) is 12.2. The number of amides is 3. The Morgan fingerprint density at radius 2 is 1.71 bits per heavy atom. The van der Waals surface area contributed by atoms with Crippen LogP contribution in [-0.4, -0.2) is 46.5 Å². The molecule has 0 aromatic heterocycles. The van der Waals surface area contributed by atoms with Crippen LogP contribution >= 0.6 is 0 Å².